The van der Waals surface area contributed by atoms with E-state index in [1.807, 2.05) is 19.2 Å². The molecule has 2 aromatic heterocycles. The molecule has 9 heteroatoms. The molecular formula is C21H30N4O4S. The van der Waals surface area contributed by atoms with Gasteiger partial charge in [0.2, 0.25) is 10.0 Å². The van der Waals surface area contributed by atoms with Crippen molar-refractivity contribution in [2.45, 2.75) is 57.3 Å². The van der Waals surface area contributed by atoms with Crippen molar-refractivity contribution in [2.24, 2.45) is 0 Å². The Bertz CT molecular complexity index is 1040. The van der Waals surface area contributed by atoms with Gasteiger partial charge in [-0.15, -0.1) is 0 Å². The summed E-state index contributed by atoms with van der Waals surface area (Å²) in [7, 11) is -3.41. The number of piperidine rings is 1. The van der Waals surface area contributed by atoms with E-state index in [1.54, 1.807) is 25.1 Å². The van der Waals surface area contributed by atoms with Gasteiger partial charge in [-0.2, -0.15) is 0 Å². The summed E-state index contributed by atoms with van der Waals surface area (Å²) >= 11 is 0. The first kappa shape index (κ1) is 21.1. The lowest BCUT2D eigenvalue weighted by molar-refractivity contribution is 0.0135. The van der Waals surface area contributed by atoms with Crippen molar-refractivity contribution in [3.05, 3.63) is 29.6 Å². The number of hydrogen-bond acceptors (Lipinski definition) is 5. The Kier molecular flexibility index (Phi) is 5.30. The monoisotopic (exact) mass is 434 g/mol. The summed E-state index contributed by atoms with van der Waals surface area (Å²) in [5, 5.41) is 0.579. The van der Waals surface area contributed by atoms with Crippen LogP contribution in [0, 0.1) is 6.92 Å². The Balaban J connectivity index is 1.35. The third-order valence-corrected chi connectivity index (χ3v) is 8.11. The van der Waals surface area contributed by atoms with Crippen molar-refractivity contribution in [3.63, 3.8) is 0 Å². The maximum Gasteiger partial charge on any atom is 0.410 e. The second-order valence-electron chi connectivity index (χ2n) is 9.32. The van der Waals surface area contributed by atoms with Crippen LogP contribution in [0.15, 0.2) is 18.3 Å². The van der Waals surface area contributed by atoms with Gasteiger partial charge in [0.1, 0.15) is 16.5 Å². The minimum absolute atomic E-state index is 0.199. The molecule has 0 spiro atoms. The summed E-state index contributed by atoms with van der Waals surface area (Å²) in [6.07, 6.45) is 3.12. The van der Waals surface area contributed by atoms with Crippen LogP contribution in [0.4, 0.5) is 4.79 Å². The fourth-order valence-corrected chi connectivity index (χ4v) is 6.07. The van der Waals surface area contributed by atoms with E-state index < -0.39 is 27.0 Å². The first-order chi connectivity index (χ1) is 14.0. The predicted molar refractivity (Wildman–Crippen MR) is 115 cm³/mol. The highest BCUT2D eigenvalue weighted by Gasteiger charge is 2.44. The zero-order chi connectivity index (χ0) is 21.7. The number of H-pyrrole nitrogens is 1. The molecule has 0 bridgehead atoms. The van der Waals surface area contributed by atoms with Crippen LogP contribution in [0.2, 0.25) is 0 Å². The highest BCUT2D eigenvalue weighted by molar-refractivity contribution is 7.89. The lowest BCUT2D eigenvalue weighted by atomic mass is 9.90. The standard InChI is InChI=1S/C21H30N4O4S/c1-14-5-6-17-18(11-22-19(17)23-14)15-7-9-25(10-8-15)30(27,28)16-12-24(13-16)20(26)29-21(2,3)4/h5-6,11,15-16H,7-10,12-13H2,1-4H3,(H,22,23). The zero-order valence-corrected chi connectivity index (χ0v) is 18.8. The van der Waals surface area contributed by atoms with Crippen LogP contribution >= 0.6 is 0 Å². The van der Waals surface area contributed by atoms with Crippen LogP contribution in [-0.4, -0.2) is 70.7 Å². The van der Waals surface area contributed by atoms with Crippen molar-refractivity contribution < 1.29 is 17.9 Å². The van der Waals surface area contributed by atoms with Gasteiger partial charge in [-0.25, -0.2) is 22.5 Å². The molecule has 164 valence electrons. The molecule has 1 amide bonds. The number of aromatic nitrogens is 2. The summed E-state index contributed by atoms with van der Waals surface area (Å²) in [5.41, 5.74) is 2.49. The molecule has 0 atom stereocenters. The van der Waals surface area contributed by atoms with E-state index in [9.17, 15) is 13.2 Å². The molecule has 2 fully saturated rings. The number of amides is 1. The lowest BCUT2D eigenvalue weighted by Gasteiger charge is -2.42. The minimum atomic E-state index is -3.41. The van der Waals surface area contributed by atoms with E-state index in [1.165, 1.54) is 10.5 Å². The molecule has 0 radical (unpaired) electrons. The Morgan fingerprint density at radius 3 is 2.50 bits per heavy atom. The van der Waals surface area contributed by atoms with Gasteiger partial charge in [-0.05, 0) is 64.2 Å². The highest BCUT2D eigenvalue weighted by Crippen LogP contribution is 2.34. The molecule has 2 aliphatic rings. The Morgan fingerprint density at radius 1 is 1.20 bits per heavy atom. The van der Waals surface area contributed by atoms with Crippen LogP contribution in [0.3, 0.4) is 0 Å². The molecule has 0 unspecified atom stereocenters. The van der Waals surface area contributed by atoms with Crippen LogP contribution in [0.1, 0.15) is 50.8 Å². The normalized spacial score (nSPS) is 19.8. The number of carbonyl (C=O) groups is 1. The number of aromatic amines is 1. The summed E-state index contributed by atoms with van der Waals surface area (Å²) in [4.78, 5) is 21.3. The molecule has 0 saturated carbocycles. The third-order valence-electron chi connectivity index (χ3n) is 5.88. The average Bonchev–Trinajstić information content (AvgIpc) is 3.01. The van der Waals surface area contributed by atoms with Gasteiger partial charge < -0.3 is 14.6 Å². The van der Waals surface area contributed by atoms with Crippen molar-refractivity contribution in [1.82, 2.24) is 19.2 Å². The zero-order valence-electron chi connectivity index (χ0n) is 18.0. The highest BCUT2D eigenvalue weighted by atomic mass is 32.2. The van der Waals surface area contributed by atoms with Crippen LogP contribution in [0.25, 0.3) is 11.0 Å². The largest absolute Gasteiger partial charge is 0.444 e. The molecule has 2 aliphatic heterocycles. The number of rotatable bonds is 3. The van der Waals surface area contributed by atoms with Gasteiger partial charge in [0, 0.05) is 43.5 Å². The van der Waals surface area contributed by atoms with Crippen molar-refractivity contribution >= 4 is 27.1 Å². The molecular weight excluding hydrogens is 404 g/mol. The summed E-state index contributed by atoms with van der Waals surface area (Å²) < 4.78 is 32.9. The van der Waals surface area contributed by atoms with Crippen molar-refractivity contribution in [3.8, 4) is 0 Å². The van der Waals surface area contributed by atoms with Gasteiger partial charge in [0.15, 0.2) is 0 Å². The van der Waals surface area contributed by atoms with Crippen LogP contribution in [0.5, 0.6) is 0 Å². The average molecular weight is 435 g/mol. The minimum Gasteiger partial charge on any atom is -0.444 e. The Labute approximate surface area is 177 Å². The molecule has 0 aliphatic carbocycles. The summed E-state index contributed by atoms with van der Waals surface area (Å²) in [5.74, 6) is 0.314. The van der Waals surface area contributed by atoms with E-state index in [0.29, 0.717) is 19.0 Å². The fourth-order valence-electron chi connectivity index (χ4n) is 4.20. The van der Waals surface area contributed by atoms with Gasteiger partial charge >= 0.3 is 6.09 Å². The smallest absolute Gasteiger partial charge is 0.410 e. The molecule has 1 N–H and O–H groups in total. The lowest BCUT2D eigenvalue weighted by Crippen LogP contribution is -2.61. The third kappa shape index (κ3) is 4.05. The maximum atomic E-state index is 13.0. The number of likely N-dealkylation sites (tertiary alicyclic amines) is 1. The summed E-state index contributed by atoms with van der Waals surface area (Å²) in [6, 6.07) is 4.10. The topological polar surface area (TPSA) is 95.6 Å². The first-order valence-corrected chi connectivity index (χ1v) is 12.0. The van der Waals surface area contributed by atoms with E-state index in [0.717, 1.165) is 29.6 Å². The molecule has 0 aromatic carbocycles. The Morgan fingerprint density at radius 2 is 1.87 bits per heavy atom. The fraction of sp³-hybridized carbons (Fsp3) is 0.619. The van der Waals surface area contributed by atoms with E-state index in [2.05, 4.69) is 16.0 Å². The van der Waals surface area contributed by atoms with Gasteiger partial charge in [0.05, 0.1) is 0 Å². The number of carbonyl (C=O) groups excluding carboxylic acids is 1. The Hall–Kier alpha value is -2.13. The van der Waals surface area contributed by atoms with Crippen molar-refractivity contribution in [2.75, 3.05) is 26.2 Å². The molecule has 30 heavy (non-hydrogen) atoms. The number of nitrogens with zero attached hydrogens (tertiary/aromatic N) is 3. The van der Waals surface area contributed by atoms with E-state index in [-0.39, 0.29) is 13.1 Å². The quantitative estimate of drug-likeness (QED) is 0.801. The number of fused-ring (bicyclic) bond motifs is 1. The van der Waals surface area contributed by atoms with Crippen molar-refractivity contribution in [1.29, 1.82) is 0 Å². The SMILES string of the molecule is Cc1ccc2c(C3CCN(S(=O)(=O)C4CN(C(=O)OC(C)(C)C)C4)CC3)c[nH]c2n1. The number of sulfonamides is 1. The van der Waals surface area contributed by atoms with Gasteiger partial charge in [-0.3, -0.25) is 0 Å². The summed E-state index contributed by atoms with van der Waals surface area (Å²) in [6.45, 7) is 8.77. The number of nitrogens with one attached hydrogen (secondary N) is 1. The number of hydrogen-bond donors (Lipinski definition) is 1. The second-order valence-corrected chi connectivity index (χ2v) is 11.5. The van der Waals surface area contributed by atoms with Gasteiger partial charge in [0.25, 0.3) is 0 Å². The maximum absolute atomic E-state index is 13.0. The molecule has 2 aromatic rings. The van der Waals surface area contributed by atoms with Crippen LogP contribution in [-0.2, 0) is 14.8 Å². The van der Waals surface area contributed by atoms with Crippen LogP contribution < -0.4 is 0 Å². The molecule has 2 saturated heterocycles. The van der Waals surface area contributed by atoms with E-state index in [4.69, 9.17) is 4.74 Å². The predicted octanol–water partition coefficient (Wildman–Crippen LogP) is 3.00. The first-order valence-electron chi connectivity index (χ1n) is 10.5. The van der Waals surface area contributed by atoms with E-state index >= 15 is 0 Å². The number of aryl methyl sites for hydroxylation is 1. The van der Waals surface area contributed by atoms with Gasteiger partial charge in [-0.1, -0.05) is 0 Å². The number of ether oxygens (including phenoxy) is 1. The molecule has 4 heterocycles. The number of pyridine rings is 1. The second kappa shape index (κ2) is 7.53. The molecule has 4 rings (SSSR count). The molecule has 8 nitrogen and oxygen atoms in total.